The average molecular weight is 398 g/mol. The van der Waals surface area contributed by atoms with Crippen LogP contribution < -0.4 is 10.6 Å². The summed E-state index contributed by atoms with van der Waals surface area (Å²) in [6.07, 6.45) is -13.9. The predicted molar refractivity (Wildman–Crippen MR) is 84.0 cm³/mol. The van der Waals surface area contributed by atoms with Gasteiger partial charge in [0, 0.05) is 7.05 Å². The molecule has 2 fully saturated rings. The molecule has 0 unspecified atom stereocenters. The van der Waals surface area contributed by atoms with Crippen molar-refractivity contribution in [3.63, 3.8) is 0 Å². The number of nitrogens with one attached hydrogen (secondary N) is 2. The van der Waals surface area contributed by atoms with Gasteiger partial charge in [0.05, 0.1) is 13.2 Å². The van der Waals surface area contributed by atoms with Gasteiger partial charge in [-0.05, 0) is 0 Å². The van der Waals surface area contributed by atoms with E-state index >= 15 is 0 Å². The van der Waals surface area contributed by atoms with Gasteiger partial charge in [0.15, 0.2) is 12.6 Å². The van der Waals surface area contributed by atoms with Gasteiger partial charge >= 0.3 is 6.03 Å². The second-order valence-corrected chi connectivity index (χ2v) is 6.29. The third-order valence-electron chi connectivity index (χ3n) is 4.54. The Morgan fingerprint density at radius 3 is 2.04 bits per heavy atom. The molecule has 0 aromatic rings. The van der Waals surface area contributed by atoms with Crippen molar-refractivity contribution in [1.82, 2.24) is 10.6 Å². The van der Waals surface area contributed by atoms with Crippen LogP contribution in [0.25, 0.3) is 0 Å². The van der Waals surface area contributed by atoms with Crippen LogP contribution in [0.3, 0.4) is 0 Å². The van der Waals surface area contributed by atoms with Crippen LogP contribution in [0.15, 0.2) is 0 Å². The van der Waals surface area contributed by atoms with E-state index in [1.165, 1.54) is 7.05 Å². The minimum Gasteiger partial charge on any atom is -0.394 e. The lowest BCUT2D eigenvalue weighted by molar-refractivity contribution is -0.347. The third kappa shape index (κ3) is 4.65. The lowest BCUT2D eigenvalue weighted by Gasteiger charge is -2.46. The van der Waals surface area contributed by atoms with Gasteiger partial charge < -0.3 is 60.6 Å². The molecule has 2 rings (SSSR count). The molecule has 0 aromatic heterocycles. The Morgan fingerprint density at radius 1 is 0.926 bits per heavy atom. The molecule has 0 radical (unpaired) electrons. The molecule has 158 valence electrons. The van der Waals surface area contributed by atoms with Crippen LogP contribution in [-0.4, -0.2) is 123 Å². The number of rotatable bonds is 5. The molecule has 0 spiro atoms. The van der Waals surface area contributed by atoms with E-state index in [4.69, 9.17) is 19.3 Å². The second-order valence-electron chi connectivity index (χ2n) is 6.29. The zero-order valence-corrected chi connectivity index (χ0v) is 14.5. The quantitative estimate of drug-likeness (QED) is 0.213. The largest absolute Gasteiger partial charge is 0.394 e. The van der Waals surface area contributed by atoms with Crippen LogP contribution in [0, 0.1) is 0 Å². The van der Waals surface area contributed by atoms with Crippen LogP contribution in [0.5, 0.6) is 0 Å². The van der Waals surface area contributed by atoms with Gasteiger partial charge in [-0.2, -0.15) is 0 Å². The summed E-state index contributed by atoms with van der Waals surface area (Å²) < 4.78 is 15.7. The average Bonchev–Trinajstić information content (AvgIpc) is 2.66. The second kappa shape index (κ2) is 9.38. The summed E-state index contributed by atoms with van der Waals surface area (Å²) in [5.41, 5.74) is 0. The van der Waals surface area contributed by atoms with Crippen molar-refractivity contribution in [1.29, 1.82) is 0 Å². The molecule has 0 aliphatic carbocycles. The van der Waals surface area contributed by atoms with Gasteiger partial charge in [0.2, 0.25) is 0 Å². The van der Waals surface area contributed by atoms with E-state index in [1.54, 1.807) is 0 Å². The maximum absolute atomic E-state index is 11.6. The van der Waals surface area contributed by atoms with Gasteiger partial charge in [0.25, 0.3) is 0 Å². The molecule has 2 heterocycles. The van der Waals surface area contributed by atoms with E-state index in [-0.39, 0.29) is 0 Å². The molecule has 2 amide bonds. The van der Waals surface area contributed by atoms with E-state index in [9.17, 15) is 35.4 Å². The SMILES string of the molecule is CNC(=O)N[C@H]1[C@@H](O[C@@H]2[C@@H](O)[C@H](O)[C@@H](CO)O[C@@H]2O)O[C@H](CO)[C@@H](O)[C@@H]1O. The van der Waals surface area contributed by atoms with Crippen molar-refractivity contribution in [3.8, 4) is 0 Å². The molecule has 10 atom stereocenters. The Morgan fingerprint density at radius 2 is 1.48 bits per heavy atom. The van der Waals surface area contributed by atoms with Crippen molar-refractivity contribution in [2.75, 3.05) is 20.3 Å². The molecule has 2 aliphatic rings. The van der Waals surface area contributed by atoms with Crippen LogP contribution in [0.4, 0.5) is 4.79 Å². The molecule has 2 saturated heterocycles. The molecule has 2 aliphatic heterocycles. The monoisotopic (exact) mass is 398 g/mol. The van der Waals surface area contributed by atoms with Crippen LogP contribution in [0.1, 0.15) is 0 Å². The standard InChI is InChI=1S/C14H26N2O11/c1-15-14(24)16-6-9(21)7(19)5(3-18)26-13(6)27-11-10(22)8(20)4(2-17)25-12(11)23/h4-13,17-23H,2-3H2,1H3,(H2,15,16,24)/t4-,5-,6-,7-,8-,9-,10+,11-,12+,13-/m1/s1. The zero-order chi connectivity index (χ0) is 20.3. The minimum absolute atomic E-state index is 0.666. The van der Waals surface area contributed by atoms with Crippen molar-refractivity contribution >= 4 is 6.03 Å². The summed E-state index contributed by atoms with van der Waals surface area (Å²) in [5, 5.41) is 73.2. The first-order valence-corrected chi connectivity index (χ1v) is 8.31. The highest BCUT2D eigenvalue weighted by atomic mass is 16.7. The van der Waals surface area contributed by atoms with E-state index in [0.29, 0.717) is 0 Å². The van der Waals surface area contributed by atoms with Crippen LogP contribution >= 0.6 is 0 Å². The van der Waals surface area contributed by atoms with Crippen molar-refractivity contribution < 1.29 is 54.8 Å². The smallest absolute Gasteiger partial charge is 0.315 e. The van der Waals surface area contributed by atoms with Gasteiger partial charge in [-0.25, -0.2) is 4.79 Å². The highest BCUT2D eigenvalue weighted by Gasteiger charge is 2.50. The third-order valence-corrected chi connectivity index (χ3v) is 4.54. The number of ether oxygens (including phenoxy) is 3. The molecule has 0 saturated carbocycles. The molecule has 13 heteroatoms. The van der Waals surface area contributed by atoms with Gasteiger partial charge in [-0.3, -0.25) is 0 Å². The summed E-state index contributed by atoms with van der Waals surface area (Å²) in [7, 11) is 1.31. The number of aliphatic hydroxyl groups is 7. The van der Waals surface area contributed by atoms with E-state index in [2.05, 4.69) is 10.6 Å². The summed E-state index contributed by atoms with van der Waals surface area (Å²) in [6, 6.07) is -2.10. The number of aliphatic hydroxyl groups excluding tert-OH is 7. The number of amides is 2. The predicted octanol–water partition coefficient (Wildman–Crippen LogP) is -5.46. The van der Waals surface area contributed by atoms with E-state index in [1.807, 2.05) is 0 Å². The summed E-state index contributed by atoms with van der Waals surface area (Å²) in [5.74, 6) is 0. The Labute approximate surface area is 154 Å². The van der Waals surface area contributed by atoms with E-state index in [0.717, 1.165) is 0 Å². The lowest BCUT2D eigenvalue weighted by atomic mass is 9.96. The summed E-state index contributed by atoms with van der Waals surface area (Å²) in [4.78, 5) is 11.6. The van der Waals surface area contributed by atoms with Crippen molar-refractivity contribution in [2.24, 2.45) is 0 Å². The molecule has 9 N–H and O–H groups in total. The highest BCUT2D eigenvalue weighted by Crippen LogP contribution is 2.28. The van der Waals surface area contributed by atoms with Crippen LogP contribution in [-0.2, 0) is 14.2 Å². The summed E-state index contributed by atoms with van der Waals surface area (Å²) in [6.45, 7) is -1.35. The van der Waals surface area contributed by atoms with E-state index < -0.39 is 80.6 Å². The van der Waals surface area contributed by atoms with Gasteiger partial charge in [-0.1, -0.05) is 0 Å². The number of carbonyl (C=O) groups is 1. The molecular weight excluding hydrogens is 372 g/mol. The molecule has 27 heavy (non-hydrogen) atoms. The molecule has 13 nitrogen and oxygen atoms in total. The molecule has 0 aromatic carbocycles. The molecular formula is C14H26N2O11. The van der Waals surface area contributed by atoms with Crippen molar-refractivity contribution in [3.05, 3.63) is 0 Å². The first kappa shape index (κ1) is 22.2. The summed E-state index contributed by atoms with van der Waals surface area (Å²) >= 11 is 0. The Kier molecular flexibility index (Phi) is 7.70. The number of carbonyl (C=O) groups excluding carboxylic acids is 1. The topological polar surface area (TPSA) is 210 Å². The number of hydrogen-bond donors (Lipinski definition) is 9. The van der Waals surface area contributed by atoms with Crippen LogP contribution in [0.2, 0.25) is 0 Å². The highest BCUT2D eigenvalue weighted by molar-refractivity contribution is 5.73. The normalized spacial score (nSPS) is 45.3. The fourth-order valence-electron chi connectivity index (χ4n) is 2.95. The lowest BCUT2D eigenvalue weighted by Crippen LogP contribution is -2.68. The van der Waals surface area contributed by atoms with Gasteiger partial charge in [-0.15, -0.1) is 0 Å². The maximum atomic E-state index is 11.6. The van der Waals surface area contributed by atoms with Gasteiger partial charge in [0.1, 0.15) is 48.8 Å². The Balaban J connectivity index is 2.19. The zero-order valence-electron chi connectivity index (χ0n) is 14.5. The fraction of sp³-hybridized carbons (Fsp3) is 0.929. The number of urea groups is 1. The first-order chi connectivity index (χ1) is 12.7. The minimum atomic E-state index is -1.78. The first-order valence-electron chi connectivity index (χ1n) is 8.31. The molecule has 0 bridgehead atoms. The maximum Gasteiger partial charge on any atom is 0.315 e. The fourth-order valence-corrected chi connectivity index (χ4v) is 2.95. The van der Waals surface area contributed by atoms with Crippen molar-refractivity contribution in [2.45, 2.75) is 61.3 Å². The Hall–Kier alpha value is -1.13. The number of hydrogen-bond acceptors (Lipinski definition) is 11. The Bertz CT molecular complexity index is 498.